The normalized spacial score (nSPS) is 15.2. The van der Waals surface area contributed by atoms with E-state index in [1.54, 1.807) is 22.5 Å². The summed E-state index contributed by atoms with van der Waals surface area (Å²) in [4.78, 5) is 4.82. The van der Waals surface area contributed by atoms with Crippen LogP contribution in [0.5, 0.6) is 0 Å². The first-order valence-corrected chi connectivity index (χ1v) is 11.8. The van der Waals surface area contributed by atoms with Gasteiger partial charge in [-0.3, -0.25) is 0 Å². The summed E-state index contributed by atoms with van der Waals surface area (Å²) in [6.07, 6.45) is 2.87. The maximum absolute atomic E-state index is 13.4. The van der Waals surface area contributed by atoms with Gasteiger partial charge >= 0.3 is 0 Å². The molecule has 0 amide bonds. The fourth-order valence-electron chi connectivity index (χ4n) is 3.47. The van der Waals surface area contributed by atoms with Crippen molar-refractivity contribution in [3.8, 4) is 0 Å². The summed E-state index contributed by atoms with van der Waals surface area (Å²) in [7, 11) is -3.52. The average Bonchev–Trinajstić information content (AvgIpc) is 2.76. The molecule has 0 radical (unpaired) electrons. The van der Waals surface area contributed by atoms with E-state index in [0.29, 0.717) is 49.1 Å². The topological polar surface area (TPSA) is 73.8 Å². The fourth-order valence-corrected chi connectivity index (χ4v) is 5.21. The van der Waals surface area contributed by atoms with E-state index in [4.69, 9.17) is 0 Å². The molecule has 31 heavy (non-hydrogen) atoms. The molecule has 0 unspecified atom stereocenters. The Labute approximate surface area is 201 Å². The highest BCUT2D eigenvalue weighted by molar-refractivity contribution is 14.0. The Kier molecular flexibility index (Phi) is 10.2. The van der Waals surface area contributed by atoms with Crippen LogP contribution in [0.4, 0.5) is 4.39 Å². The Morgan fingerprint density at radius 1 is 1.06 bits per heavy atom. The number of halogens is 2. The lowest BCUT2D eigenvalue weighted by Crippen LogP contribution is -2.38. The first kappa shape index (κ1) is 25.5. The van der Waals surface area contributed by atoms with Gasteiger partial charge < -0.3 is 10.6 Å². The highest BCUT2D eigenvalue weighted by Gasteiger charge is 2.27. The van der Waals surface area contributed by atoms with Crippen LogP contribution in [0.3, 0.4) is 0 Å². The first-order chi connectivity index (χ1) is 14.5. The van der Waals surface area contributed by atoms with Gasteiger partial charge in [0, 0.05) is 26.2 Å². The minimum absolute atomic E-state index is 0. The van der Waals surface area contributed by atoms with E-state index in [9.17, 15) is 12.8 Å². The van der Waals surface area contributed by atoms with E-state index in [1.165, 1.54) is 12.1 Å². The van der Waals surface area contributed by atoms with Gasteiger partial charge in [-0.15, -0.1) is 24.0 Å². The zero-order chi connectivity index (χ0) is 21.4. The van der Waals surface area contributed by atoms with Crippen molar-refractivity contribution in [2.24, 2.45) is 4.99 Å². The summed E-state index contributed by atoms with van der Waals surface area (Å²) >= 11 is 0. The van der Waals surface area contributed by atoms with Gasteiger partial charge in [-0.25, -0.2) is 17.8 Å². The number of nitrogens with one attached hydrogen (secondary N) is 2. The molecule has 9 heteroatoms. The summed E-state index contributed by atoms with van der Waals surface area (Å²) in [5, 5.41) is 6.34. The maximum atomic E-state index is 13.4. The lowest BCUT2D eigenvalue weighted by atomic mass is 10.2. The smallest absolute Gasteiger partial charge is 0.243 e. The molecule has 0 saturated carbocycles. The molecule has 1 aliphatic heterocycles. The lowest BCUT2D eigenvalue weighted by Gasteiger charge is -2.27. The predicted octanol–water partition coefficient (Wildman–Crippen LogP) is 3.87. The van der Waals surface area contributed by atoms with Crippen molar-refractivity contribution in [2.75, 3.05) is 19.6 Å². The minimum atomic E-state index is -3.52. The summed E-state index contributed by atoms with van der Waals surface area (Å²) < 4.78 is 41.2. The third-order valence-corrected chi connectivity index (χ3v) is 7.00. The Morgan fingerprint density at radius 2 is 1.81 bits per heavy atom. The van der Waals surface area contributed by atoms with Crippen molar-refractivity contribution in [3.63, 3.8) is 0 Å². The van der Waals surface area contributed by atoms with Crippen LogP contribution in [-0.4, -0.2) is 38.3 Å². The summed E-state index contributed by atoms with van der Waals surface area (Å²) in [6, 6.07) is 13.4. The molecule has 0 spiro atoms. The zero-order valence-electron chi connectivity index (χ0n) is 17.7. The van der Waals surface area contributed by atoms with Gasteiger partial charge in [0.25, 0.3) is 0 Å². The standard InChI is InChI=1S/C22H29FN4O2S.HI/c1-2-24-22(25-16-18-9-8-11-20(23)15-18)26-17-19-10-4-5-12-21(19)30(28,29)27-13-6-3-7-14-27;/h4-5,8-12,15H,2-3,6-7,13-14,16-17H2,1H3,(H2,24,25,26);1H. The van der Waals surface area contributed by atoms with Crippen LogP contribution in [0.2, 0.25) is 0 Å². The van der Waals surface area contributed by atoms with Crippen molar-refractivity contribution in [1.29, 1.82) is 0 Å². The van der Waals surface area contributed by atoms with Crippen LogP contribution in [0, 0.1) is 5.82 Å². The van der Waals surface area contributed by atoms with Gasteiger partial charge in [0.2, 0.25) is 10.0 Å². The molecule has 0 aromatic heterocycles. The van der Waals surface area contributed by atoms with Gasteiger partial charge in [-0.05, 0) is 49.1 Å². The number of sulfonamides is 1. The number of nitrogens with zero attached hydrogens (tertiary/aromatic N) is 2. The highest BCUT2D eigenvalue weighted by atomic mass is 127. The van der Waals surface area contributed by atoms with Crippen molar-refractivity contribution < 1.29 is 12.8 Å². The van der Waals surface area contributed by atoms with E-state index < -0.39 is 10.0 Å². The van der Waals surface area contributed by atoms with Crippen molar-refractivity contribution in [3.05, 3.63) is 65.5 Å². The van der Waals surface area contributed by atoms with Crippen molar-refractivity contribution in [1.82, 2.24) is 14.9 Å². The van der Waals surface area contributed by atoms with Gasteiger partial charge in [0.15, 0.2) is 5.96 Å². The molecule has 1 fully saturated rings. The Balaban J connectivity index is 0.00000341. The van der Waals surface area contributed by atoms with Gasteiger partial charge in [-0.1, -0.05) is 36.8 Å². The Bertz CT molecular complexity index is 979. The molecular formula is C22H30FIN4O2S. The maximum Gasteiger partial charge on any atom is 0.243 e. The van der Waals surface area contributed by atoms with Crippen LogP contribution >= 0.6 is 24.0 Å². The number of benzene rings is 2. The van der Waals surface area contributed by atoms with Gasteiger partial charge in [-0.2, -0.15) is 4.31 Å². The van der Waals surface area contributed by atoms with E-state index in [0.717, 1.165) is 24.8 Å². The molecule has 2 aromatic rings. The van der Waals surface area contributed by atoms with E-state index in [2.05, 4.69) is 15.6 Å². The minimum Gasteiger partial charge on any atom is -0.357 e. The molecule has 0 aliphatic carbocycles. The number of hydrogen-bond donors (Lipinski definition) is 2. The zero-order valence-corrected chi connectivity index (χ0v) is 20.8. The third kappa shape index (κ3) is 7.15. The molecule has 1 saturated heterocycles. The molecule has 1 aliphatic rings. The van der Waals surface area contributed by atoms with Crippen LogP contribution in [0.25, 0.3) is 0 Å². The van der Waals surface area contributed by atoms with E-state index in [1.807, 2.05) is 25.1 Å². The molecule has 1 heterocycles. The Morgan fingerprint density at radius 3 is 2.52 bits per heavy atom. The monoisotopic (exact) mass is 560 g/mol. The van der Waals surface area contributed by atoms with Gasteiger partial charge in [0.1, 0.15) is 5.82 Å². The quantitative estimate of drug-likeness (QED) is 0.307. The van der Waals surface area contributed by atoms with Crippen LogP contribution in [0.15, 0.2) is 58.4 Å². The van der Waals surface area contributed by atoms with E-state index >= 15 is 0 Å². The second kappa shape index (κ2) is 12.4. The van der Waals surface area contributed by atoms with Crippen molar-refractivity contribution >= 4 is 40.0 Å². The molecule has 0 atom stereocenters. The molecule has 2 aromatic carbocycles. The van der Waals surface area contributed by atoms with Crippen LogP contribution in [-0.2, 0) is 23.1 Å². The molecule has 2 N–H and O–H groups in total. The third-order valence-electron chi connectivity index (χ3n) is 5.00. The van der Waals surface area contributed by atoms with Crippen LogP contribution < -0.4 is 10.6 Å². The second-order valence-corrected chi connectivity index (χ2v) is 9.16. The molecular weight excluding hydrogens is 530 g/mol. The number of rotatable bonds is 7. The predicted molar refractivity (Wildman–Crippen MR) is 133 cm³/mol. The molecule has 170 valence electrons. The largest absolute Gasteiger partial charge is 0.357 e. The molecule has 0 bridgehead atoms. The number of aliphatic imine (C=N–C) groups is 1. The van der Waals surface area contributed by atoms with Crippen molar-refractivity contribution in [2.45, 2.75) is 44.2 Å². The first-order valence-electron chi connectivity index (χ1n) is 10.4. The highest BCUT2D eigenvalue weighted by Crippen LogP contribution is 2.23. The van der Waals surface area contributed by atoms with E-state index in [-0.39, 0.29) is 29.8 Å². The average molecular weight is 560 g/mol. The molecule has 6 nitrogen and oxygen atoms in total. The number of piperidine rings is 1. The summed E-state index contributed by atoms with van der Waals surface area (Å²) in [5.74, 6) is 0.254. The van der Waals surface area contributed by atoms with Gasteiger partial charge in [0.05, 0.1) is 11.4 Å². The SMILES string of the molecule is CCNC(=NCc1cccc(F)c1)NCc1ccccc1S(=O)(=O)N1CCCCC1.I. The summed E-state index contributed by atoms with van der Waals surface area (Å²) in [5.41, 5.74) is 1.46. The second-order valence-electron chi connectivity index (χ2n) is 7.25. The Hall–Kier alpha value is -1.72. The molecule has 3 rings (SSSR count). The number of hydrogen-bond acceptors (Lipinski definition) is 3. The lowest BCUT2D eigenvalue weighted by molar-refractivity contribution is 0.346. The summed E-state index contributed by atoms with van der Waals surface area (Å²) in [6.45, 7) is 4.39. The van der Waals surface area contributed by atoms with Crippen LogP contribution in [0.1, 0.15) is 37.3 Å². The number of guanidine groups is 1. The fraction of sp³-hybridized carbons (Fsp3) is 0.409.